The molecule has 37 heavy (non-hydrogen) atoms. The van der Waals surface area contributed by atoms with Crippen LogP contribution in [0.3, 0.4) is 0 Å². The minimum Gasteiger partial charge on any atom is -0.438 e. The maximum absolute atomic E-state index is 13.7. The molecule has 0 aromatic heterocycles. The lowest BCUT2D eigenvalue weighted by Crippen LogP contribution is -2.46. The van der Waals surface area contributed by atoms with Crippen LogP contribution in [-0.2, 0) is 39.3 Å². The van der Waals surface area contributed by atoms with Gasteiger partial charge in [-0.25, -0.2) is 18.9 Å². The van der Waals surface area contributed by atoms with Gasteiger partial charge in [-0.2, -0.15) is 0 Å². The van der Waals surface area contributed by atoms with E-state index in [9.17, 15) is 23.6 Å². The van der Waals surface area contributed by atoms with E-state index in [0.29, 0.717) is 37.8 Å². The van der Waals surface area contributed by atoms with Crippen molar-refractivity contribution in [3.05, 3.63) is 64.5 Å². The number of carbonyl (C=O) groups is 4. The molecule has 0 saturated heterocycles. The van der Waals surface area contributed by atoms with Gasteiger partial charge in [0.25, 0.3) is 0 Å². The van der Waals surface area contributed by atoms with E-state index in [-0.39, 0.29) is 24.4 Å². The predicted octanol–water partition coefficient (Wildman–Crippen LogP) is 3.70. The third-order valence-corrected chi connectivity index (χ3v) is 7.20. The van der Waals surface area contributed by atoms with Crippen molar-refractivity contribution in [2.24, 2.45) is 0 Å². The molecule has 2 atom stereocenters. The summed E-state index contributed by atoms with van der Waals surface area (Å²) in [4.78, 5) is 52.0. The number of rotatable bonds is 5. The van der Waals surface area contributed by atoms with Gasteiger partial charge in [-0.3, -0.25) is 9.59 Å². The van der Waals surface area contributed by atoms with Gasteiger partial charge in [0.2, 0.25) is 12.3 Å². The Balaban J connectivity index is 1.44. The summed E-state index contributed by atoms with van der Waals surface area (Å²) >= 11 is 0. The molecule has 10 heteroatoms. The number of ether oxygens (including phenoxy) is 1. The number of imide groups is 1. The minimum atomic E-state index is -0.985. The first-order valence-electron chi connectivity index (χ1n) is 12.3. The summed E-state index contributed by atoms with van der Waals surface area (Å²) in [6.45, 7) is 3.48. The number of aryl methyl sites for hydroxylation is 2. The third kappa shape index (κ3) is 5.58. The topological polar surface area (TPSA) is 108 Å². The number of carbonyl (C=O) groups excluding carboxylic acids is 4. The van der Waals surface area contributed by atoms with Crippen molar-refractivity contribution >= 4 is 30.1 Å². The zero-order valence-electron chi connectivity index (χ0n) is 21.2. The Morgan fingerprint density at radius 3 is 2.68 bits per heavy atom. The van der Waals surface area contributed by atoms with E-state index >= 15 is 0 Å². The van der Waals surface area contributed by atoms with E-state index in [2.05, 4.69) is 10.6 Å². The number of benzene rings is 2. The van der Waals surface area contributed by atoms with Gasteiger partial charge in [-0.15, -0.1) is 0 Å². The second-order valence-corrected chi connectivity index (χ2v) is 9.73. The van der Waals surface area contributed by atoms with Gasteiger partial charge in [-0.1, -0.05) is 12.1 Å². The van der Waals surface area contributed by atoms with Crippen molar-refractivity contribution in [2.45, 2.75) is 57.7 Å². The highest BCUT2D eigenvalue weighted by molar-refractivity contribution is 5.90. The third-order valence-electron chi connectivity index (χ3n) is 7.20. The molecule has 1 aliphatic carbocycles. The number of nitrogens with one attached hydrogen (secondary N) is 2. The van der Waals surface area contributed by atoms with Crippen molar-refractivity contribution in [2.75, 3.05) is 18.9 Å². The van der Waals surface area contributed by atoms with Crippen molar-refractivity contribution < 1.29 is 28.3 Å². The summed E-state index contributed by atoms with van der Waals surface area (Å²) in [7, 11) is 1.52. The van der Waals surface area contributed by atoms with Gasteiger partial charge in [0.1, 0.15) is 18.0 Å². The van der Waals surface area contributed by atoms with E-state index in [4.69, 9.17) is 4.74 Å². The molecular formula is C27H31FN4O5. The fourth-order valence-electron chi connectivity index (χ4n) is 5.01. The standard InChI is InChI=1S/C27H31FN4O5/c1-17-4-5-18-12-21(28)7-6-20(18)14-32(17)24(34)15-31(16-33)26(36)37-27(2)11-10-19-13-22(8-9-23(19)27)30-25(35)29-3/h6-9,12-13,16-17H,4-5,10-11,14-15H2,1-3H3,(H2,29,30,35)/t17-,27-/m0/s1. The molecule has 0 unspecified atom stereocenters. The molecule has 0 radical (unpaired) electrons. The predicted molar refractivity (Wildman–Crippen MR) is 134 cm³/mol. The smallest absolute Gasteiger partial charge is 0.417 e. The van der Waals surface area contributed by atoms with E-state index in [0.717, 1.165) is 27.2 Å². The highest BCUT2D eigenvalue weighted by Crippen LogP contribution is 2.41. The molecule has 1 heterocycles. The lowest BCUT2D eigenvalue weighted by Gasteiger charge is -2.31. The van der Waals surface area contributed by atoms with Crippen LogP contribution in [0, 0.1) is 5.82 Å². The number of hydrogen-bond acceptors (Lipinski definition) is 5. The first-order chi connectivity index (χ1) is 17.6. The fraction of sp³-hybridized carbons (Fsp3) is 0.407. The SMILES string of the molecule is CNC(=O)Nc1ccc2c(c1)CC[C@]2(C)OC(=O)N(C=O)CC(=O)N1Cc2ccc(F)cc2CC[C@@H]1C. The van der Waals surface area contributed by atoms with Crippen molar-refractivity contribution in [3.8, 4) is 0 Å². The van der Waals surface area contributed by atoms with E-state index < -0.39 is 24.1 Å². The number of urea groups is 1. The van der Waals surface area contributed by atoms with Crippen LogP contribution in [-0.4, -0.2) is 53.9 Å². The average Bonchev–Trinajstić information content (AvgIpc) is 3.09. The van der Waals surface area contributed by atoms with Gasteiger partial charge in [0.15, 0.2) is 0 Å². The molecule has 0 spiro atoms. The Kier molecular flexibility index (Phi) is 7.47. The van der Waals surface area contributed by atoms with Crippen LogP contribution in [0.15, 0.2) is 36.4 Å². The largest absolute Gasteiger partial charge is 0.438 e. The molecule has 2 N–H and O–H groups in total. The summed E-state index contributed by atoms with van der Waals surface area (Å²) < 4.78 is 19.4. The lowest BCUT2D eigenvalue weighted by atomic mass is 9.98. The van der Waals surface area contributed by atoms with Crippen LogP contribution >= 0.6 is 0 Å². The van der Waals surface area contributed by atoms with E-state index in [1.54, 1.807) is 30.0 Å². The zero-order chi connectivity index (χ0) is 26.7. The van der Waals surface area contributed by atoms with E-state index in [1.165, 1.54) is 19.2 Å². The van der Waals surface area contributed by atoms with Gasteiger partial charge >= 0.3 is 12.1 Å². The molecule has 196 valence electrons. The first-order valence-corrected chi connectivity index (χ1v) is 12.3. The first kappa shape index (κ1) is 26.1. The minimum absolute atomic E-state index is 0.149. The van der Waals surface area contributed by atoms with Crippen LogP contribution in [0.2, 0.25) is 0 Å². The summed E-state index contributed by atoms with van der Waals surface area (Å²) in [5.41, 5.74) is 3.04. The summed E-state index contributed by atoms with van der Waals surface area (Å²) in [6.07, 6.45) is 1.79. The normalized spacial score (nSPS) is 20.2. The zero-order valence-corrected chi connectivity index (χ0v) is 21.2. The molecule has 0 saturated carbocycles. The molecule has 0 bridgehead atoms. The van der Waals surface area contributed by atoms with E-state index in [1.807, 2.05) is 13.0 Å². The van der Waals surface area contributed by atoms with Crippen molar-refractivity contribution in [1.29, 1.82) is 0 Å². The van der Waals surface area contributed by atoms with Gasteiger partial charge in [0, 0.05) is 25.3 Å². The van der Waals surface area contributed by atoms with Gasteiger partial charge in [-0.05, 0) is 86.1 Å². The highest BCUT2D eigenvalue weighted by Gasteiger charge is 2.40. The number of hydrogen-bond donors (Lipinski definition) is 2. The molecule has 1 aliphatic heterocycles. The number of fused-ring (bicyclic) bond motifs is 2. The highest BCUT2D eigenvalue weighted by atomic mass is 19.1. The Bertz CT molecular complexity index is 1240. The molecule has 2 aromatic carbocycles. The average molecular weight is 511 g/mol. The Labute approximate surface area is 214 Å². The molecule has 0 fully saturated rings. The second-order valence-electron chi connectivity index (χ2n) is 9.73. The molecule has 5 amide bonds. The maximum atomic E-state index is 13.7. The maximum Gasteiger partial charge on any atom is 0.417 e. The molecule has 9 nitrogen and oxygen atoms in total. The second kappa shape index (κ2) is 10.6. The van der Waals surface area contributed by atoms with Gasteiger partial charge in [0.05, 0.1) is 0 Å². The fourth-order valence-corrected chi connectivity index (χ4v) is 5.01. The Morgan fingerprint density at radius 2 is 1.95 bits per heavy atom. The number of anilines is 1. The monoisotopic (exact) mass is 510 g/mol. The van der Waals surface area contributed by atoms with Crippen LogP contribution in [0.5, 0.6) is 0 Å². The number of nitrogens with zero attached hydrogens (tertiary/aromatic N) is 2. The quantitative estimate of drug-likeness (QED) is 0.597. The number of amides is 5. The van der Waals surface area contributed by atoms with Gasteiger partial charge < -0.3 is 20.3 Å². The summed E-state index contributed by atoms with van der Waals surface area (Å²) in [5, 5.41) is 5.20. The van der Waals surface area contributed by atoms with Crippen molar-refractivity contribution in [3.63, 3.8) is 0 Å². The molecule has 4 rings (SSSR count). The molecular weight excluding hydrogens is 479 g/mol. The lowest BCUT2D eigenvalue weighted by molar-refractivity contribution is -0.138. The Hall–Kier alpha value is -3.95. The molecule has 2 aromatic rings. The van der Waals surface area contributed by atoms with Crippen LogP contribution in [0.1, 0.15) is 48.9 Å². The molecule has 2 aliphatic rings. The van der Waals surface area contributed by atoms with Crippen molar-refractivity contribution in [1.82, 2.24) is 15.1 Å². The Morgan fingerprint density at radius 1 is 1.16 bits per heavy atom. The van der Waals surface area contributed by atoms with Crippen LogP contribution in [0.4, 0.5) is 19.7 Å². The van der Waals surface area contributed by atoms with Crippen LogP contribution < -0.4 is 10.6 Å². The van der Waals surface area contributed by atoms with Crippen LogP contribution in [0.25, 0.3) is 0 Å². The number of halogens is 1. The summed E-state index contributed by atoms with van der Waals surface area (Å²) in [5.74, 6) is -0.711. The summed E-state index contributed by atoms with van der Waals surface area (Å²) in [6, 6.07) is 9.37.